The predicted octanol–water partition coefficient (Wildman–Crippen LogP) is 1.99. The lowest BCUT2D eigenvalue weighted by atomic mass is 10.1. The number of anilines is 1. The molecule has 0 saturated carbocycles. The van der Waals surface area contributed by atoms with E-state index < -0.39 is 18.5 Å². The topological polar surface area (TPSA) is 102 Å². The van der Waals surface area contributed by atoms with Crippen LogP contribution in [-0.2, 0) is 14.3 Å². The van der Waals surface area contributed by atoms with E-state index in [4.69, 9.17) is 4.74 Å². The fourth-order valence-corrected chi connectivity index (χ4v) is 2.34. The Morgan fingerprint density at radius 1 is 1.15 bits per heavy atom. The average molecular weight is 372 g/mol. The van der Waals surface area contributed by atoms with E-state index in [9.17, 15) is 14.4 Å². The van der Waals surface area contributed by atoms with Gasteiger partial charge in [-0.3, -0.25) is 14.4 Å². The minimum absolute atomic E-state index is 0.0819. The first-order valence-electron chi connectivity index (χ1n) is 8.62. The summed E-state index contributed by atoms with van der Waals surface area (Å²) in [4.78, 5) is 35.7. The van der Waals surface area contributed by atoms with Gasteiger partial charge in [0.1, 0.15) is 12.4 Å². The van der Waals surface area contributed by atoms with Gasteiger partial charge in [-0.2, -0.15) is 5.10 Å². The van der Waals surface area contributed by atoms with Gasteiger partial charge in [0.15, 0.2) is 6.61 Å². The van der Waals surface area contributed by atoms with Crippen LogP contribution in [0.3, 0.4) is 0 Å². The Morgan fingerprint density at radius 3 is 2.56 bits per heavy atom. The molecule has 2 rings (SSSR count). The molecule has 0 aliphatic rings. The molecule has 2 N–H and O–H groups in total. The Balaban J connectivity index is 1.77. The van der Waals surface area contributed by atoms with E-state index in [1.165, 1.54) is 0 Å². The molecule has 0 saturated heterocycles. The predicted molar refractivity (Wildman–Crippen MR) is 100 cm³/mol. The summed E-state index contributed by atoms with van der Waals surface area (Å²) < 4.78 is 6.53. The SMILES string of the molecule is Cc1ccc(C(=O)NCC(=O)OCC(=O)Nc2ccnn2C(C)C)cc1C. The van der Waals surface area contributed by atoms with Crippen LogP contribution in [0.5, 0.6) is 0 Å². The van der Waals surface area contributed by atoms with E-state index in [-0.39, 0.29) is 18.5 Å². The maximum atomic E-state index is 12.1. The maximum Gasteiger partial charge on any atom is 0.325 e. The van der Waals surface area contributed by atoms with Gasteiger partial charge in [0.05, 0.1) is 6.20 Å². The number of nitrogens with zero attached hydrogens (tertiary/aromatic N) is 2. The van der Waals surface area contributed by atoms with Crippen LogP contribution in [-0.4, -0.2) is 40.7 Å². The highest BCUT2D eigenvalue weighted by Crippen LogP contribution is 2.12. The van der Waals surface area contributed by atoms with Gasteiger partial charge in [0.25, 0.3) is 11.8 Å². The highest BCUT2D eigenvalue weighted by molar-refractivity contribution is 5.96. The zero-order chi connectivity index (χ0) is 20.0. The second kappa shape index (κ2) is 8.98. The zero-order valence-corrected chi connectivity index (χ0v) is 15.9. The molecule has 144 valence electrons. The van der Waals surface area contributed by atoms with Crippen LogP contribution in [0.15, 0.2) is 30.5 Å². The molecule has 0 unspecified atom stereocenters. The van der Waals surface area contributed by atoms with Crippen molar-refractivity contribution in [3.8, 4) is 0 Å². The van der Waals surface area contributed by atoms with Crippen molar-refractivity contribution in [1.29, 1.82) is 0 Å². The molecule has 0 aliphatic carbocycles. The summed E-state index contributed by atoms with van der Waals surface area (Å²) in [6.45, 7) is 6.96. The molecule has 2 aromatic rings. The molecule has 1 aromatic carbocycles. The lowest BCUT2D eigenvalue weighted by Gasteiger charge is -2.12. The molecular weight excluding hydrogens is 348 g/mol. The Labute approximate surface area is 157 Å². The normalized spacial score (nSPS) is 10.6. The van der Waals surface area contributed by atoms with E-state index in [0.717, 1.165) is 11.1 Å². The molecule has 0 atom stereocenters. The van der Waals surface area contributed by atoms with Crippen molar-refractivity contribution in [3.63, 3.8) is 0 Å². The molecule has 27 heavy (non-hydrogen) atoms. The van der Waals surface area contributed by atoms with Crippen molar-refractivity contribution >= 4 is 23.6 Å². The summed E-state index contributed by atoms with van der Waals surface area (Å²) >= 11 is 0. The smallest absolute Gasteiger partial charge is 0.325 e. The number of carbonyl (C=O) groups is 3. The summed E-state index contributed by atoms with van der Waals surface area (Å²) in [7, 11) is 0. The summed E-state index contributed by atoms with van der Waals surface area (Å²) in [5.41, 5.74) is 2.53. The van der Waals surface area contributed by atoms with E-state index in [1.54, 1.807) is 29.1 Å². The number of carbonyl (C=O) groups excluding carboxylic acids is 3. The highest BCUT2D eigenvalue weighted by Gasteiger charge is 2.13. The van der Waals surface area contributed by atoms with Crippen molar-refractivity contribution in [2.75, 3.05) is 18.5 Å². The molecule has 0 bridgehead atoms. The third kappa shape index (κ3) is 5.67. The molecule has 1 aromatic heterocycles. The number of amides is 2. The number of benzene rings is 1. The van der Waals surface area contributed by atoms with Gasteiger partial charge in [-0.15, -0.1) is 0 Å². The molecule has 0 radical (unpaired) electrons. The van der Waals surface area contributed by atoms with Gasteiger partial charge in [-0.25, -0.2) is 4.68 Å². The van der Waals surface area contributed by atoms with E-state index in [2.05, 4.69) is 15.7 Å². The molecule has 8 nitrogen and oxygen atoms in total. The lowest BCUT2D eigenvalue weighted by molar-refractivity contribution is -0.146. The quantitative estimate of drug-likeness (QED) is 0.724. The van der Waals surface area contributed by atoms with Gasteiger partial charge < -0.3 is 15.4 Å². The van der Waals surface area contributed by atoms with E-state index >= 15 is 0 Å². The van der Waals surface area contributed by atoms with Gasteiger partial charge in [0.2, 0.25) is 0 Å². The number of aryl methyl sites for hydroxylation is 2. The van der Waals surface area contributed by atoms with Crippen molar-refractivity contribution in [3.05, 3.63) is 47.2 Å². The largest absolute Gasteiger partial charge is 0.454 e. The van der Waals surface area contributed by atoms with Crippen LogP contribution in [0.4, 0.5) is 5.82 Å². The Kier molecular flexibility index (Phi) is 6.70. The van der Waals surface area contributed by atoms with Crippen LogP contribution >= 0.6 is 0 Å². The third-order valence-corrected chi connectivity index (χ3v) is 3.95. The molecule has 0 spiro atoms. The number of ether oxygens (including phenoxy) is 1. The summed E-state index contributed by atoms with van der Waals surface area (Å²) in [6, 6.07) is 7.02. The Bertz CT molecular complexity index is 842. The standard InChI is InChI=1S/C19H24N4O4/c1-12(2)23-16(7-8-21-23)22-17(24)11-27-18(25)10-20-19(26)15-6-5-13(3)14(4)9-15/h5-9,12H,10-11H2,1-4H3,(H,20,26)(H,22,24). The van der Waals surface area contributed by atoms with Gasteiger partial charge >= 0.3 is 5.97 Å². The Hall–Kier alpha value is -3.16. The van der Waals surface area contributed by atoms with Crippen LogP contribution < -0.4 is 10.6 Å². The maximum absolute atomic E-state index is 12.1. The lowest BCUT2D eigenvalue weighted by Crippen LogP contribution is -2.32. The van der Waals surface area contributed by atoms with Crippen LogP contribution in [0.25, 0.3) is 0 Å². The minimum Gasteiger partial charge on any atom is -0.454 e. The fraction of sp³-hybridized carbons (Fsp3) is 0.368. The zero-order valence-electron chi connectivity index (χ0n) is 15.9. The van der Waals surface area contributed by atoms with Crippen molar-refractivity contribution < 1.29 is 19.1 Å². The molecule has 8 heteroatoms. The molecule has 0 aliphatic heterocycles. The molecular formula is C19H24N4O4. The minimum atomic E-state index is -0.695. The number of nitrogens with one attached hydrogen (secondary N) is 2. The Morgan fingerprint density at radius 2 is 1.89 bits per heavy atom. The summed E-state index contributed by atoms with van der Waals surface area (Å²) in [6.07, 6.45) is 1.57. The molecule has 1 heterocycles. The fourth-order valence-electron chi connectivity index (χ4n) is 2.34. The van der Waals surface area contributed by atoms with Crippen LogP contribution in [0.2, 0.25) is 0 Å². The number of hydrogen-bond acceptors (Lipinski definition) is 5. The third-order valence-electron chi connectivity index (χ3n) is 3.95. The first kappa shape index (κ1) is 20.2. The number of esters is 1. The van der Waals surface area contributed by atoms with Crippen molar-refractivity contribution in [2.24, 2.45) is 0 Å². The first-order valence-corrected chi connectivity index (χ1v) is 8.62. The highest BCUT2D eigenvalue weighted by atomic mass is 16.5. The average Bonchev–Trinajstić information content (AvgIpc) is 3.08. The van der Waals surface area contributed by atoms with Gasteiger partial charge in [0, 0.05) is 17.7 Å². The van der Waals surface area contributed by atoms with Crippen molar-refractivity contribution in [2.45, 2.75) is 33.7 Å². The van der Waals surface area contributed by atoms with Gasteiger partial charge in [-0.05, 0) is 51.0 Å². The van der Waals surface area contributed by atoms with Crippen LogP contribution in [0, 0.1) is 13.8 Å². The summed E-state index contributed by atoms with van der Waals surface area (Å²) in [5, 5.41) is 9.21. The first-order chi connectivity index (χ1) is 12.8. The van der Waals surface area contributed by atoms with Gasteiger partial charge in [-0.1, -0.05) is 6.07 Å². The van der Waals surface area contributed by atoms with Crippen molar-refractivity contribution in [1.82, 2.24) is 15.1 Å². The number of hydrogen-bond donors (Lipinski definition) is 2. The molecule has 0 fully saturated rings. The number of aromatic nitrogens is 2. The summed E-state index contributed by atoms with van der Waals surface area (Å²) in [5.74, 6) is -1.03. The number of rotatable bonds is 7. The second-order valence-electron chi connectivity index (χ2n) is 6.45. The monoisotopic (exact) mass is 372 g/mol. The second-order valence-corrected chi connectivity index (χ2v) is 6.45. The van der Waals surface area contributed by atoms with E-state index in [1.807, 2.05) is 33.8 Å². The van der Waals surface area contributed by atoms with E-state index in [0.29, 0.717) is 11.4 Å². The molecule has 2 amide bonds. The van der Waals surface area contributed by atoms with Crippen LogP contribution in [0.1, 0.15) is 41.4 Å².